The van der Waals surface area contributed by atoms with E-state index < -0.39 is 0 Å². The largest absolute Gasteiger partial charge is 0.233 e. The lowest BCUT2D eigenvalue weighted by atomic mass is 9.99. The average Bonchev–Trinajstić information content (AvgIpc) is 3.07. The third-order valence-electron chi connectivity index (χ3n) is 4.31. The highest BCUT2D eigenvalue weighted by Gasteiger charge is 2.10. The van der Waals surface area contributed by atoms with Crippen LogP contribution in [-0.4, -0.2) is 9.78 Å². The summed E-state index contributed by atoms with van der Waals surface area (Å²) in [4.78, 5) is 0. The van der Waals surface area contributed by atoms with E-state index in [1.807, 2.05) is 42.5 Å². The third-order valence-corrected chi connectivity index (χ3v) is 4.31. The van der Waals surface area contributed by atoms with Crippen molar-refractivity contribution >= 4 is 10.9 Å². The van der Waals surface area contributed by atoms with Crippen LogP contribution in [0.5, 0.6) is 0 Å². The molecule has 0 fully saturated rings. The lowest BCUT2D eigenvalue weighted by molar-refractivity contribution is 0.617. The van der Waals surface area contributed by atoms with E-state index in [2.05, 4.69) is 11.2 Å². The van der Waals surface area contributed by atoms with Gasteiger partial charge in [-0.3, -0.25) is 0 Å². The molecule has 4 aromatic rings. The van der Waals surface area contributed by atoms with Crippen molar-refractivity contribution in [2.45, 2.75) is 6.92 Å². The van der Waals surface area contributed by atoms with Crippen molar-refractivity contribution in [1.29, 1.82) is 5.26 Å². The maximum absolute atomic E-state index is 13.5. The first kappa shape index (κ1) is 15.1. The van der Waals surface area contributed by atoms with Crippen LogP contribution in [0.15, 0.2) is 66.9 Å². The topological polar surface area (TPSA) is 41.6 Å². The Kier molecular flexibility index (Phi) is 3.55. The fraction of sp³-hybridized carbons (Fsp3) is 0.0476. The van der Waals surface area contributed by atoms with Crippen LogP contribution >= 0.6 is 0 Å². The van der Waals surface area contributed by atoms with Crippen molar-refractivity contribution in [3.63, 3.8) is 0 Å². The van der Waals surface area contributed by atoms with Gasteiger partial charge in [0.2, 0.25) is 0 Å². The van der Waals surface area contributed by atoms with Crippen molar-refractivity contribution in [2.75, 3.05) is 0 Å². The van der Waals surface area contributed by atoms with Gasteiger partial charge in [-0.15, -0.1) is 0 Å². The first-order chi connectivity index (χ1) is 12.2. The molecular formula is C21H14FN3. The Morgan fingerprint density at radius 2 is 1.88 bits per heavy atom. The third kappa shape index (κ3) is 2.56. The van der Waals surface area contributed by atoms with Gasteiger partial charge in [0.25, 0.3) is 0 Å². The Hall–Kier alpha value is -3.45. The van der Waals surface area contributed by atoms with Gasteiger partial charge in [0.05, 0.1) is 29.0 Å². The Balaban J connectivity index is 1.84. The maximum atomic E-state index is 13.5. The van der Waals surface area contributed by atoms with E-state index in [9.17, 15) is 9.65 Å². The molecule has 0 saturated heterocycles. The van der Waals surface area contributed by atoms with E-state index in [0.717, 1.165) is 27.7 Å². The summed E-state index contributed by atoms with van der Waals surface area (Å²) in [7, 11) is 0. The molecule has 0 atom stereocenters. The fourth-order valence-electron chi connectivity index (χ4n) is 3.00. The van der Waals surface area contributed by atoms with Gasteiger partial charge in [-0.05, 0) is 60.0 Å². The molecule has 0 amide bonds. The van der Waals surface area contributed by atoms with Gasteiger partial charge < -0.3 is 0 Å². The number of aryl methyl sites for hydroxylation is 1. The fourth-order valence-corrected chi connectivity index (χ4v) is 3.00. The van der Waals surface area contributed by atoms with E-state index in [-0.39, 0.29) is 5.82 Å². The summed E-state index contributed by atoms with van der Waals surface area (Å²) in [5.41, 5.74) is 4.85. The molecule has 1 heterocycles. The molecule has 120 valence electrons. The zero-order valence-corrected chi connectivity index (χ0v) is 13.6. The second-order valence-electron chi connectivity index (χ2n) is 5.92. The van der Waals surface area contributed by atoms with Crippen LogP contribution in [0, 0.1) is 24.1 Å². The summed E-state index contributed by atoms with van der Waals surface area (Å²) in [6.45, 7) is 1.74. The second kappa shape index (κ2) is 5.88. The molecular weight excluding hydrogens is 313 g/mol. The summed E-state index contributed by atoms with van der Waals surface area (Å²) in [5, 5.41) is 14.7. The molecule has 0 saturated carbocycles. The predicted molar refractivity (Wildman–Crippen MR) is 95.9 cm³/mol. The number of nitriles is 1. The molecule has 0 aliphatic rings. The predicted octanol–water partition coefficient (Wildman–Crippen LogP) is 5.01. The molecule has 4 heteroatoms. The van der Waals surface area contributed by atoms with E-state index in [4.69, 9.17) is 0 Å². The monoisotopic (exact) mass is 327 g/mol. The van der Waals surface area contributed by atoms with Crippen LogP contribution < -0.4 is 0 Å². The molecule has 0 radical (unpaired) electrons. The van der Waals surface area contributed by atoms with Gasteiger partial charge in [-0.1, -0.05) is 24.3 Å². The van der Waals surface area contributed by atoms with Crippen molar-refractivity contribution in [1.82, 2.24) is 9.78 Å². The zero-order chi connectivity index (χ0) is 17.4. The zero-order valence-electron chi connectivity index (χ0n) is 13.6. The quantitative estimate of drug-likeness (QED) is 0.519. The molecule has 3 aromatic carbocycles. The normalized spacial score (nSPS) is 10.8. The molecule has 0 unspecified atom stereocenters. The smallest absolute Gasteiger partial charge is 0.126 e. The number of hydrogen-bond acceptors (Lipinski definition) is 2. The lowest BCUT2D eigenvalue weighted by Gasteiger charge is -2.07. The first-order valence-corrected chi connectivity index (χ1v) is 7.91. The Labute approximate surface area is 144 Å². The minimum Gasteiger partial charge on any atom is -0.233 e. The summed E-state index contributed by atoms with van der Waals surface area (Å²) >= 11 is 0. The maximum Gasteiger partial charge on any atom is 0.126 e. The minimum atomic E-state index is -0.226. The van der Waals surface area contributed by atoms with Crippen molar-refractivity contribution in [3.05, 3.63) is 83.8 Å². The van der Waals surface area contributed by atoms with Gasteiger partial charge in [0, 0.05) is 5.39 Å². The van der Waals surface area contributed by atoms with Crippen molar-refractivity contribution < 1.29 is 4.39 Å². The average molecular weight is 327 g/mol. The highest BCUT2D eigenvalue weighted by Crippen LogP contribution is 2.28. The van der Waals surface area contributed by atoms with Crippen LogP contribution in [0.3, 0.4) is 0 Å². The van der Waals surface area contributed by atoms with Crippen LogP contribution in [0.1, 0.15) is 11.1 Å². The summed E-state index contributed by atoms with van der Waals surface area (Å²) in [6.07, 6.45) is 1.78. The van der Waals surface area contributed by atoms with Gasteiger partial charge in [0.15, 0.2) is 0 Å². The van der Waals surface area contributed by atoms with Crippen molar-refractivity contribution in [3.8, 4) is 22.9 Å². The van der Waals surface area contributed by atoms with Crippen LogP contribution in [0.2, 0.25) is 0 Å². The van der Waals surface area contributed by atoms with Crippen LogP contribution in [-0.2, 0) is 0 Å². The molecule has 4 rings (SSSR count). The minimum absolute atomic E-state index is 0.226. The van der Waals surface area contributed by atoms with Crippen LogP contribution in [0.25, 0.3) is 27.7 Å². The molecule has 0 N–H and O–H groups in total. The first-order valence-electron chi connectivity index (χ1n) is 7.91. The van der Waals surface area contributed by atoms with E-state index in [0.29, 0.717) is 11.1 Å². The Morgan fingerprint density at radius 3 is 2.68 bits per heavy atom. The second-order valence-corrected chi connectivity index (χ2v) is 5.92. The van der Waals surface area contributed by atoms with Gasteiger partial charge in [0.1, 0.15) is 5.82 Å². The standard InChI is InChI=1S/C21H14FN3/c1-14-10-18(7-8-20(14)22)25-21-9-6-15(11-17(21)13-24-25)19-5-3-2-4-16(19)12-23/h2-11,13H,1H3. The number of benzene rings is 3. The summed E-state index contributed by atoms with van der Waals surface area (Å²) in [6, 6.07) is 20.7. The summed E-state index contributed by atoms with van der Waals surface area (Å²) in [5.74, 6) is -0.226. The van der Waals surface area contributed by atoms with Gasteiger partial charge in [-0.25, -0.2) is 9.07 Å². The number of rotatable bonds is 2. The number of hydrogen-bond donors (Lipinski definition) is 0. The van der Waals surface area contributed by atoms with Crippen LogP contribution in [0.4, 0.5) is 4.39 Å². The van der Waals surface area contributed by atoms with Gasteiger partial charge in [-0.2, -0.15) is 10.4 Å². The molecule has 0 bridgehead atoms. The Morgan fingerprint density at radius 1 is 1.04 bits per heavy atom. The summed E-state index contributed by atoms with van der Waals surface area (Å²) < 4.78 is 15.3. The number of aromatic nitrogens is 2. The highest BCUT2D eigenvalue weighted by molar-refractivity contribution is 5.86. The van der Waals surface area contributed by atoms with E-state index in [1.54, 1.807) is 29.9 Å². The molecule has 25 heavy (non-hydrogen) atoms. The molecule has 1 aromatic heterocycles. The molecule has 3 nitrogen and oxygen atoms in total. The number of nitrogens with zero attached hydrogens (tertiary/aromatic N) is 3. The van der Waals surface area contributed by atoms with Gasteiger partial charge >= 0.3 is 0 Å². The lowest BCUT2D eigenvalue weighted by Crippen LogP contribution is -1.97. The molecule has 0 aliphatic heterocycles. The molecule has 0 spiro atoms. The SMILES string of the molecule is Cc1cc(-n2ncc3cc(-c4ccccc4C#N)ccc32)ccc1F. The van der Waals surface area contributed by atoms with E-state index >= 15 is 0 Å². The number of fused-ring (bicyclic) bond motifs is 1. The Bertz CT molecular complexity index is 1140. The van der Waals surface area contributed by atoms with Crippen molar-refractivity contribution in [2.24, 2.45) is 0 Å². The molecule has 0 aliphatic carbocycles. The number of halogens is 1. The van der Waals surface area contributed by atoms with E-state index in [1.165, 1.54) is 6.07 Å². The highest BCUT2D eigenvalue weighted by atomic mass is 19.1.